The molecule has 4 saturated carbocycles. The average molecular weight is 310 g/mol. The molecule has 0 aromatic heterocycles. The van der Waals surface area contributed by atoms with Gasteiger partial charge in [-0.05, 0) is 85.4 Å². The van der Waals surface area contributed by atoms with Gasteiger partial charge in [0.05, 0.1) is 10.0 Å². The zero-order valence-corrected chi connectivity index (χ0v) is 13.2. The predicted octanol–water partition coefficient (Wildman–Crippen LogP) is 4.79. The van der Waals surface area contributed by atoms with E-state index in [1.165, 1.54) is 44.1 Å². The number of nitrogens with two attached hydrogens (primary N) is 1. The van der Waals surface area contributed by atoms with Crippen LogP contribution in [0.3, 0.4) is 0 Å². The van der Waals surface area contributed by atoms with Crippen LogP contribution in [0, 0.1) is 17.3 Å². The summed E-state index contributed by atoms with van der Waals surface area (Å²) in [5, 5.41) is 1.36. The Kier molecular flexibility index (Phi) is 2.94. The highest BCUT2D eigenvalue weighted by molar-refractivity contribution is 6.42. The summed E-state index contributed by atoms with van der Waals surface area (Å²) in [6, 6.07) is 6.28. The first kappa shape index (κ1) is 13.4. The minimum atomic E-state index is 0.317. The van der Waals surface area contributed by atoms with Gasteiger partial charge >= 0.3 is 0 Å². The standard InChI is InChI=1S/C17H21Cl2N/c18-14-2-1-13(4-15(14)19)17-7-11-3-12(8-17)6-16(5-11,9-17)10-20/h1-2,4,11-12H,3,5-10,20H2. The third-order valence-corrected chi connectivity index (χ3v) is 6.89. The van der Waals surface area contributed by atoms with Crippen molar-refractivity contribution in [2.24, 2.45) is 23.0 Å². The summed E-state index contributed by atoms with van der Waals surface area (Å²) < 4.78 is 0. The molecule has 1 aromatic carbocycles. The van der Waals surface area contributed by atoms with Crippen molar-refractivity contribution in [3.63, 3.8) is 0 Å². The summed E-state index contributed by atoms with van der Waals surface area (Å²) >= 11 is 12.4. The van der Waals surface area contributed by atoms with Gasteiger partial charge in [-0.2, -0.15) is 0 Å². The molecule has 4 aliphatic rings. The van der Waals surface area contributed by atoms with E-state index in [1.807, 2.05) is 6.07 Å². The molecule has 2 atom stereocenters. The van der Waals surface area contributed by atoms with Gasteiger partial charge in [-0.15, -0.1) is 0 Å². The monoisotopic (exact) mass is 309 g/mol. The Morgan fingerprint density at radius 2 is 1.75 bits per heavy atom. The molecule has 5 rings (SSSR count). The molecule has 0 amide bonds. The molecule has 0 saturated heterocycles. The third-order valence-electron chi connectivity index (χ3n) is 6.15. The fourth-order valence-corrected chi connectivity index (χ4v) is 6.15. The zero-order chi connectivity index (χ0) is 14.0. The minimum absolute atomic E-state index is 0.317. The van der Waals surface area contributed by atoms with Crippen molar-refractivity contribution in [1.82, 2.24) is 0 Å². The summed E-state index contributed by atoms with van der Waals surface area (Å²) in [5.41, 5.74) is 8.29. The van der Waals surface area contributed by atoms with Crippen LogP contribution in [0.2, 0.25) is 10.0 Å². The second kappa shape index (κ2) is 4.38. The molecule has 4 fully saturated rings. The summed E-state index contributed by atoms with van der Waals surface area (Å²) in [6.45, 7) is 0.850. The first-order valence-electron chi connectivity index (χ1n) is 7.70. The summed E-state index contributed by atoms with van der Waals surface area (Å²) in [7, 11) is 0. The zero-order valence-electron chi connectivity index (χ0n) is 11.7. The molecule has 108 valence electrons. The molecule has 0 radical (unpaired) electrons. The van der Waals surface area contributed by atoms with Gasteiger partial charge in [0.25, 0.3) is 0 Å². The Bertz CT molecular complexity index is 540. The maximum atomic E-state index is 6.27. The molecule has 2 unspecified atom stereocenters. The van der Waals surface area contributed by atoms with Crippen molar-refractivity contribution in [1.29, 1.82) is 0 Å². The van der Waals surface area contributed by atoms with E-state index < -0.39 is 0 Å². The second-order valence-electron chi connectivity index (χ2n) is 7.57. The van der Waals surface area contributed by atoms with Crippen LogP contribution < -0.4 is 5.73 Å². The van der Waals surface area contributed by atoms with Crippen LogP contribution >= 0.6 is 23.2 Å². The van der Waals surface area contributed by atoms with Gasteiger partial charge < -0.3 is 5.73 Å². The van der Waals surface area contributed by atoms with Crippen LogP contribution in [0.25, 0.3) is 0 Å². The van der Waals surface area contributed by atoms with Crippen molar-refractivity contribution < 1.29 is 0 Å². The Morgan fingerprint density at radius 3 is 2.35 bits per heavy atom. The lowest BCUT2D eigenvalue weighted by molar-refractivity contribution is -0.0666. The number of hydrogen-bond donors (Lipinski definition) is 1. The lowest BCUT2D eigenvalue weighted by Crippen LogP contribution is -2.56. The Morgan fingerprint density at radius 1 is 1.05 bits per heavy atom. The molecule has 0 aliphatic heterocycles. The Hall–Kier alpha value is -0.240. The van der Waals surface area contributed by atoms with Crippen LogP contribution in [-0.2, 0) is 5.41 Å². The molecular weight excluding hydrogens is 289 g/mol. The molecule has 20 heavy (non-hydrogen) atoms. The number of hydrogen-bond acceptors (Lipinski definition) is 1. The Labute approximate surface area is 130 Å². The number of halogens is 2. The SMILES string of the molecule is NCC12CC3CC(C1)CC(c1ccc(Cl)c(Cl)c1)(C3)C2. The maximum Gasteiger partial charge on any atom is 0.0595 e. The van der Waals surface area contributed by atoms with Crippen molar-refractivity contribution in [3.05, 3.63) is 33.8 Å². The Balaban J connectivity index is 1.78. The molecule has 4 aliphatic carbocycles. The summed E-state index contributed by atoms with van der Waals surface area (Å²) in [6.07, 6.45) is 8.02. The first-order chi connectivity index (χ1) is 9.54. The van der Waals surface area contributed by atoms with Crippen molar-refractivity contribution in [3.8, 4) is 0 Å². The van der Waals surface area contributed by atoms with E-state index in [9.17, 15) is 0 Å². The lowest BCUT2D eigenvalue weighted by atomic mass is 9.43. The lowest BCUT2D eigenvalue weighted by Gasteiger charge is -2.62. The van der Waals surface area contributed by atoms with Crippen LogP contribution in [0.1, 0.15) is 44.1 Å². The van der Waals surface area contributed by atoms with E-state index in [1.54, 1.807) is 0 Å². The fraction of sp³-hybridized carbons (Fsp3) is 0.647. The van der Waals surface area contributed by atoms with E-state index in [-0.39, 0.29) is 0 Å². The van der Waals surface area contributed by atoms with Gasteiger partial charge in [0, 0.05) is 0 Å². The highest BCUT2D eigenvalue weighted by atomic mass is 35.5. The van der Waals surface area contributed by atoms with E-state index in [0.29, 0.717) is 20.9 Å². The number of benzene rings is 1. The van der Waals surface area contributed by atoms with Gasteiger partial charge in [-0.25, -0.2) is 0 Å². The van der Waals surface area contributed by atoms with Crippen molar-refractivity contribution >= 4 is 23.2 Å². The van der Waals surface area contributed by atoms with Crippen molar-refractivity contribution in [2.75, 3.05) is 6.54 Å². The molecule has 0 spiro atoms. The molecule has 3 heteroatoms. The van der Waals surface area contributed by atoms with Gasteiger partial charge in [0.15, 0.2) is 0 Å². The highest BCUT2D eigenvalue weighted by Gasteiger charge is 2.57. The van der Waals surface area contributed by atoms with Crippen LogP contribution in [0.15, 0.2) is 18.2 Å². The van der Waals surface area contributed by atoms with Gasteiger partial charge in [0.2, 0.25) is 0 Å². The molecule has 0 heterocycles. The average Bonchev–Trinajstić information content (AvgIpc) is 2.40. The van der Waals surface area contributed by atoms with Gasteiger partial charge in [-0.1, -0.05) is 29.3 Å². The van der Waals surface area contributed by atoms with E-state index in [4.69, 9.17) is 28.9 Å². The summed E-state index contributed by atoms with van der Waals surface area (Å²) in [4.78, 5) is 0. The molecule has 1 aromatic rings. The van der Waals surface area contributed by atoms with Crippen LogP contribution in [0.4, 0.5) is 0 Å². The second-order valence-corrected chi connectivity index (χ2v) is 8.39. The first-order valence-corrected chi connectivity index (χ1v) is 8.45. The molecular formula is C17H21Cl2N. The number of rotatable bonds is 2. The fourth-order valence-electron chi connectivity index (χ4n) is 5.85. The molecule has 1 nitrogen and oxygen atoms in total. The van der Waals surface area contributed by atoms with E-state index >= 15 is 0 Å². The highest BCUT2D eigenvalue weighted by Crippen LogP contribution is 2.65. The van der Waals surface area contributed by atoms with Gasteiger partial charge in [0.1, 0.15) is 0 Å². The van der Waals surface area contributed by atoms with E-state index in [0.717, 1.165) is 18.4 Å². The maximum absolute atomic E-state index is 6.27. The van der Waals surface area contributed by atoms with Crippen molar-refractivity contribution in [2.45, 2.75) is 43.9 Å². The molecule has 4 bridgehead atoms. The van der Waals surface area contributed by atoms with Crippen LogP contribution in [-0.4, -0.2) is 6.54 Å². The van der Waals surface area contributed by atoms with E-state index in [2.05, 4.69) is 12.1 Å². The smallest absolute Gasteiger partial charge is 0.0595 e. The predicted molar refractivity (Wildman–Crippen MR) is 84.3 cm³/mol. The third kappa shape index (κ3) is 1.86. The summed E-state index contributed by atoms with van der Waals surface area (Å²) in [5.74, 6) is 1.74. The van der Waals surface area contributed by atoms with Crippen LogP contribution in [0.5, 0.6) is 0 Å². The van der Waals surface area contributed by atoms with Gasteiger partial charge in [-0.3, -0.25) is 0 Å². The minimum Gasteiger partial charge on any atom is -0.330 e. The normalized spacial score (nSPS) is 42.1. The quantitative estimate of drug-likeness (QED) is 0.835. The topological polar surface area (TPSA) is 26.0 Å². The molecule has 2 N–H and O–H groups in total. The largest absolute Gasteiger partial charge is 0.330 e.